The molecule has 4 nitrogen and oxygen atoms in total. The van der Waals surface area contributed by atoms with Gasteiger partial charge in [-0.25, -0.2) is 4.98 Å². The Morgan fingerprint density at radius 2 is 2.53 bits per heavy atom. The van der Waals surface area contributed by atoms with Gasteiger partial charge >= 0.3 is 0 Å². The second-order valence-electron chi connectivity index (χ2n) is 2.90. The molecule has 15 heavy (non-hydrogen) atoms. The maximum Gasteiger partial charge on any atom is 0.189 e. The largest absolute Gasteiger partial charge is 0.359 e. The van der Waals surface area contributed by atoms with Gasteiger partial charge in [-0.3, -0.25) is 4.79 Å². The van der Waals surface area contributed by atoms with Crippen molar-refractivity contribution in [2.75, 3.05) is 5.75 Å². The third kappa shape index (κ3) is 2.66. The molecule has 1 N–H and O–H groups in total. The summed E-state index contributed by atoms with van der Waals surface area (Å²) in [5, 5.41) is 0. The van der Waals surface area contributed by atoms with Crippen molar-refractivity contribution in [1.29, 1.82) is 0 Å². The van der Waals surface area contributed by atoms with E-state index in [4.69, 9.17) is 0 Å². The molecule has 2 rings (SSSR count). The highest BCUT2D eigenvalue weighted by Crippen LogP contribution is 2.20. The molecule has 2 heterocycles. The van der Waals surface area contributed by atoms with Gasteiger partial charge in [0.15, 0.2) is 10.1 Å². The van der Waals surface area contributed by atoms with Crippen molar-refractivity contribution in [3.05, 3.63) is 29.8 Å². The molecular formula is C9H9N3OS2. The highest BCUT2D eigenvalue weighted by atomic mass is 32.2. The van der Waals surface area contributed by atoms with Crippen LogP contribution < -0.4 is 0 Å². The number of nitrogens with one attached hydrogen (secondary N) is 1. The van der Waals surface area contributed by atoms with Crippen molar-refractivity contribution in [2.24, 2.45) is 0 Å². The molecule has 0 unspecified atom stereocenters. The number of thioether (sulfide) groups is 1. The predicted octanol–water partition coefficient (Wildman–Crippen LogP) is 2.15. The summed E-state index contributed by atoms with van der Waals surface area (Å²) in [6.07, 6.45) is 1.74. The van der Waals surface area contributed by atoms with Crippen LogP contribution in [0.4, 0.5) is 0 Å². The number of rotatable bonds is 4. The molecule has 0 amide bonds. The van der Waals surface area contributed by atoms with Gasteiger partial charge in [0.25, 0.3) is 0 Å². The van der Waals surface area contributed by atoms with Crippen LogP contribution in [0.5, 0.6) is 0 Å². The second kappa shape index (κ2) is 4.59. The van der Waals surface area contributed by atoms with Gasteiger partial charge in [-0.1, -0.05) is 11.8 Å². The van der Waals surface area contributed by atoms with Crippen LogP contribution in [-0.4, -0.2) is 25.9 Å². The normalized spacial score (nSPS) is 10.5. The smallest absolute Gasteiger partial charge is 0.189 e. The SMILES string of the molecule is Cc1nsc(SCC(=O)c2ccc[nH]2)n1. The number of Topliss-reactive ketones (excluding diaryl/α,β-unsaturated/α-hetero) is 1. The summed E-state index contributed by atoms with van der Waals surface area (Å²) in [7, 11) is 0. The first-order valence-electron chi connectivity index (χ1n) is 4.35. The van der Waals surface area contributed by atoms with E-state index in [9.17, 15) is 4.79 Å². The van der Waals surface area contributed by atoms with Crippen molar-refractivity contribution < 1.29 is 4.79 Å². The van der Waals surface area contributed by atoms with E-state index in [0.29, 0.717) is 11.4 Å². The number of carbonyl (C=O) groups excluding carboxylic acids is 1. The van der Waals surface area contributed by atoms with Gasteiger partial charge in [0, 0.05) is 6.20 Å². The molecule has 0 saturated heterocycles. The molecule has 0 bridgehead atoms. The highest BCUT2D eigenvalue weighted by molar-refractivity contribution is 8.01. The minimum atomic E-state index is 0.0813. The molecule has 0 aliphatic carbocycles. The quantitative estimate of drug-likeness (QED) is 0.656. The van der Waals surface area contributed by atoms with Crippen LogP contribution in [0.3, 0.4) is 0 Å². The highest BCUT2D eigenvalue weighted by Gasteiger charge is 2.08. The van der Waals surface area contributed by atoms with Crippen molar-refractivity contribution in [3.63, 3.8) is 0 Å². The lowest BCUT2D eigenvalue weighted by molar-refractivity contribution is 0.101. The van der Waals surface area contributed by atoms with Gasteiger partial charge in [0.1, 0.15) is 5.82 Å². The molecular weight excluding hydrogens is 230 g/mol. The zero-order valence-electron chi connectivity index (χ0n) is 8.06. The Morgan fingerprint density at radius 3 is 3.13 bits per heavy atom. The lowest BCUT2D eigenvalue weighted by Crippen LogP contribution is -2.02. The van der Waals surface area contributed by atoms with E-state index in [-0.39, 0.29) is 5.78 Å². The number of aromatic nitrogens is 3. The van der Waals surface area contributed by atoms with E-state index in [1.807, 2.05) is 13.0 Å². The minimum absolute atomic E-state index is 0.0813. The molecule has 0 atom stereocenters. The lowest BCUT2D eigenvalue weighted by Gasteiger charge is -1.94. The summed E-state index contributed by atoms with van der Waals surface area (Å²) in [6.45, 7) is 1.84. The predicted molar refractivity (Wildman–Crippen MR) is 60.5 cm³/mol. The number of ketones is 1. The maximum absolute atomic E-state index is 11.6. The lowest BCUT2D eigenvalue weighted by atomic mass is 10.3. The maximum atomic E-state index is 11.6. The summed E-state index contributed by atoms with van der Waals surface area (Å²) in [5.74, 6) is 1.24. The number of hydrogen-bond acceptors (Lipinski definition) is 5. The first-order chi connectivity index (χ1) is 7.25. The summed E-state index contributed by atoms with van der Waals surface area (Å²) < 4.78 is 4.89. The van der Waals surface area contributed by atoms with Crippen LogP contribution in [0.1, 0.15) is 16.3 Å². The van der Waals surface area contributed by atoms with Crippen LogP contribution in [-0.2, 0) is 0 Å². The van der Waals surface area contributed by atoms with Crippen molar-refractivity contribution in [2.45, 2.75) is 11.3 Å². The molecule has 0 saturated carbocycles. The van der Waals surface area contributed by atoms with Crippen molar-refractivity contribution in [1.82, 2.24) is 14.3 Å². The zero-order valence-corrected chi connectivity index (χ0v) is 9.69. The molecule has 2 aromatic heterocycles. The Labute approximate surface area is 95.3 Å². The van der Waals surface area contributed by atoms with E-state index in [1.165, 1.54) is 23.3 Å². The summed E-state index contributed by atoms with van der Waals surface area (Å²) in [5.41, 5.74) is 0.642. The third-order valence-corrected chi connectivity index (χ3v) is 3.66. The van der Waals surface area contributed by atoms with E-state index in [2.05, 4.69) is 14.3 Å². The van der Waals surface area contributed by atoms with E-state index in [0.717, 1.165) is 10.2 Å². The number of hydrogen-bond donors (Lipinski definition) is 1. The van der Waals surface area contributed by atoms with Gasteiger partial charge in [0.2, 0.25) is 0 Å². The number of carbonyl (C=O) groups is 1. The van der Waals surface area contributed by atoms with E-state index < -0.39 is 0 Å². The molecule has 0 aromatic carbocycles. The van der Waals surface area contributed by atoms with Crippen molar-refractivity contribution in [3.8, 4) is 0 Å². The summed E-state index contributed by atoms with van der Waals surface area (Å²) in [4.78, 5) is 18.6. The monoisotopic (exact) mass is 239 g/mol. The van der Waals surface area contributed by atoms with E-state index in [1.54, 1.807) is 12.3 Å². The topological polar surface area (TPSA) is 58.6 Å². The molecule has 0 aliphatic heterocycles. The molecule has 2 aromatic rings. The van der Waals surface area contributed by atoms with Gasteiger partial charge in [-0.2, -0.15) is 4.37 Å². The van der Waals surface area contributed by atoms with Gasteiger partial charge in [-0.05, 0) is 30.6 Å². The molecule has 0 fully saturated rings. The fourth-order valence-electron chi connectivity index (χ4n) is 1.05. The molecule has 78 valence electrons. The average Bonchev–Trinajstić information content (AvgIpc) is 2.84. The Kier molecular flexibility index (Phi) is 3.17. The van der Waals surface area contributed by atoms with E-state index >= 15 is 0 Å². The first kappa shape index (κ1) is 10.4. The van der Waals surface area contributed by atoms with Crippen LogP contribution >= 0.6 is 23.3 Å². The molecule has 0 radical (unpaired) electrons. The minimum Gasteiger partial charge on any atom is -0.359 e. The number of aryl methyl sites for hydroxylation is 1. The van der Waals surface area contributed by atoms with Crippen LogP contribution in [0.15, 0.2) is 22.7 Å². The van der Waals surface area contributed by atoms with Crippen LogP contribution in [0, 0.1) is 6.92 Å². The number of nitrogens with zero attached hydrogens (tertiary/aromatic N) is 2. The second-order valence-corrected chi connectivity index (χ2v) is 4.88. The number of H-pyrrole nitrogens is 1. The first-order valence-corrected chi connectivity index (χ1v) is 6.11. The van der Waals surface area contributed by atoms with Gasteiger partial charge in [0.05, 0.1) is 11.4 Å². The Bertz CT molecular complexity index is 450. The fraction of sp³-hybridized carbons (Fsp3) is 0.222. The zero-order chi connectivity index (χ0) is 10.7. The molecule has 0 aliphatic rings. The van der Waals surface area contributed by atoms with Crippen LogP contribution in [0.2, 0.25) is 0 Å². The Balaban J connectivity index is 1.91. The number of aromatic amines is 1. The Morgan fingerprint density at radius 1 is 1.67 bits per heavy atom. The van der Waals surface area contributed by atoms with Gasteiger partial charge < -0.3 is 4.98 Å². The fourth-order valence-corrected chi connectivity index (χ4v) is 2.58. The van der Waals surface area contributed by atoms with Crippen molar-refractivity contribution >= 4 is 29.1 Å². The summed E-state index contributed by atoms with van der Waals surface area (Å²) in [6, 6.07) is 3.58. The summed E-state index contributed by atoms with van der Waals surface area (Å²) >= 11 is 2.75. The molecule has 0 spiro atoms. The van der Waals surface area contributed by atoms with Crippen LogP contribution in [0.25, 0.3) is 0 Å². The third-order valence-electron chi connectivity index (χ3n) is 1.73. The average molecular weight is 239 g/mol. The standard InChI is InChI=1S/C9H9N3OS2/c1-6-11-9(15-12-6)14-5-8(13)7-3-2-4-10-7/h2-4,10H,5H2,1H3. The molecule has 6 heteroatoms. The van der Waals surface area contributed by atoms with Gasteiger partial charge in [-0.15, -0.1) is 0 Å². The Hall–Kier alpha value is -1.14.